The van der Waals surface area contributed by atoms with Gasteiger partial charge in [-0.1, -0.05) is 49.2 Å². The molecule has 1 N–H and O–H groups in total. The SMILES string of the molecule is O=C1OCCN1c1cccc(NC(=O)N2CC3CCCCC32c2ccccc2)c1. The first-order chi connectivity index (χ1) is 14.2. The number of ether oxygens (including phenoxy) is 1. The van der Waals surface area contributed by atoms with Gasteiger partial charge in [-0.25, -0.2) is 9.59 Å². The molecule has 29 heavy (non-hydrogen) atoms. The van der Waals surface area contributed by atoms with Crippen molar-refractivity contribution in [3.05, 3.63) is 60.2 Å². The highest BCUT2D eigenvalue weighted by Crippen LogP contribution is 2.53. The molecule has 2 heterocycles. The molecule has 1 aliphatic carbocycles. The fourth-order valence-corrected chi connectivity index (χ4v) is 5.19. The Kier molecular flexibility index (Phi) is 4.42. The minimum absolute atomic E-state index is 0.0758. The largest absolute Gasteiger partial charge is 0.447 e. The Morgan fingerprint density at radius 3 is 2.72 bits per heavy atom. The van der Waals surface area contributed by atoms with E-state index in [4.69, 9.17) is 4.74 Å². The molecule has 0 bridgehead atoms. The minimum atomic E-state index is -0.343. The lowest BCUT2D eigenvalue weighted by Crippen LogP contribution is -2.68. The molecule has 6 nitrogen and oxygen atoms in total. The predicted octanol–water partition coefficient (Wildman–Crippen LogP) is 4.58. The lowest BCUT2D eigenvalue weighted by atomic mass is 9.62. The third kappa shape index (κ3) is 2.94. The maximum absolute atomic E-state index is 13.2. The summed E-state index contributed by atoms with van der Waals surface area (Å²) in [7, 11) is 0. The lowest BCUT2D eigenvalue weighted by Gasteiger charge is -2.61. The molecule has 2 unspecified atom stereocenters. The highest BCUT2D eigenvalue weighted by molar-refractivity contribution is 5.93. The van der Waals surface area contributed by atoms with Crippen molar-refractivity contribution < 1.29 is 14.3 Å². The Balaban J connectivity index is 1.38. The molecule has 2 aromatic rings. The fourth-order valence-electron chi connectivity index (χ4n) is 5.19. The van der Waals surface area contributed by atoms with Crippen LogP contribution >= 0.6 is 0 Å². The summed E-state index contributed by atoms with van der Waals surface area (Å²) in [5, 5.41) is 3.06. The summed E-state index contributed by atoms with van der Waals surface area (Å²) in [6.07, 6.45) is 4.22. The highest BCUT2D eigenvalue weighted by atomic mass is 16.6. The van der Waals surface area contributed by atoms with Crippen molar-refractivity contribution in [3.8, 4) is 0 Å². The van der Waals surface area contributed by atoms with Crippen molar-refractivity contribution in [2.75, 3.05) is 29.9 Å². The van der Waals surface area contributed by atoms with Crippen molar-refractivity contribution in [2.45, 2.75) is 31.2 Å². The number of hydrogen-bond acceptors (Lipinski definition) is 3. The molecule has 2 aliphatic heterocycles. The monoisotopic (exact) mass is 391 g/mol. The summed E-state index contributed by atoms with van der Waals surface area (Å²) in [6, 6.07) is 17.8. The van der Waals surface area contributed by atoms with E-state index < -0.39 is 0 Å². The summed E-state index contributed by atoms with van der Waals surface area (Å²) in [5.74, 6) is 0.523. The minimum Gasteiger partial charge on any atom is -0.447 e. The number of nitrogens with one attached hydrogen (secondary N) is 1. The van der Waals surface area contributed by atoms with E-state index in [1.807, 2.05) is 35.2 Å². The Bertz CT molecular complexity index is 932. The quantitative estimate of drug-likeness (QED) is 0.833. The van der Waals surface area contributed by atoms with Gasteiger partial charge in [0.2, 0.25) is 0 Å². The van der Waals surface area contributed by atoms with Gasteiger partial charge in [-0.2, -0.15) is 0 Å². The number of likely N-dealkylation sites (tertiary alicyclic amines) is 1. The van der Waals surface area contributed by atoms with E-state index in [0.29, 0.717) is 24.8 Å². The van der Waals surface area contributed by atoms with Crippen LogP contribution in [0.5, 0.6) is 0 Å². The van der Waals surface area contributed by atoms with Crippen molar-refractivity contribution in [1.82, 2.24) is 4.90 Å². The van der Waals surface area contributed by atoms with Gasteiger partial charge < -0.3 is 15.0 Å². The van der Waals surface area contributed by atoms with Gasteiger partial charge in [-0.05, 0) is 36.6 Å². The van der Waals surface area contributed by atoms with Crippen LogP contribution in [0.15, 0.2) is 54.6 Å². The molecule has 0 radical (unpaired) electrons. The van der Waals surface area contributed by atoms with Gasteiger partial charge in [0, 0.05) is 23.8 Å². The standard InChI is InChI=1S/C23H25N3O3/c27-21(24-19-10-6-11-20(15-19)25-13-14-29-22(25)28)26-16-18-9-4-5-12-23(18,26)17-7-2-1-3-8-17/h1-3,6-8,10-11,15,18H,4-5,9,12-14,16H2,(H,24,27). The lowest BCUT2D eigenvalue weighted by molar-refractivity contribution is -0.0756. The number of rotatable bonds is 3. The van der Waals surface area contributed by atoms with Crippen LogP contribution in [0.4, 0.5) is 21.0 Å². The molecule has 3 amide bonds. The van der Waals surface area contributed by atoms with Crippen LogP contribution in [0.2, 0.25) is 0 Å². The van der Waals surface area contributed by atoms with E-state index in [2.05, 4.69) is 29.6 Å². The predicted molar refractivity (Wildman–Crippen MR) is 111 cm³/mol. The molecule has 6 heteroatoms. The zero-order valence-electron chi connectivity index (χ0n) is 16.3. The van der Waals surface area contributed by atoms with E-state index in [1.54, 1.807) is 4.90 Å². The number of anilines is 2. The number of urea groups is 1. The number of fused-ring (bicyclic) bond motifs is 1. The van der Waals surface area contributed by atoms with Gasteiger partial charge in [0.1, 0.15) is 6.61 Å². The smallest absolute Gasteiger partial charge is 0.414 e. The molecule has 2 saturated heterocycles. The van der Waals surface area contributed by atoms with Gasteiger partial charge in [0.15, 0.2) is 0 Å². The number of benzene rings is 2. The van der Waals surface area contributed by atoms with Crippen LogP contribution in [0.3, 0.4) is 0 Å². The first kappa shape index (κ1) is 18.0. The number of amides is 3. The molecule has 5 rings (SSSR count). The van der Waals surface area contributed by atoms with Crippen molar-refractivity contribution in [1.29, 1.82) is 0 Å². The van der Waals surface area contributed by atoms with Gasteiger partial charge in [0.05, 0.1) is 12.1 Å². The van der Waals surface area contributed by atoms with Crippen LogP contribution in [-0.4, -0.2) is 36.7 Å². The van der Waals surface area contributed by atoms with E-state index in [1.165, 1.54) is 18.4 Å². The van der Waals surface area contributed by atoms with Crippen LogP contribution in [0.25, 0.3) is 0 Å². The first-order valence-corrected chi connectivity index (χ1v) is 10.4. The normalized spacial score (nSPS) is 25.8. The summed E-state index contributed by atoms with van der Waals surface area (Å²) >= 11 is 0. The number of carbonyl (C=O) groups is 2. The third-order valence-corrected chi connectivity index (χ3v) is 6.61. The molecule has 1 saturated carbocycles. The summed E-state index contributed by atoms with van der Waals surface area (Å²) < 4.78 is 5.02. The Hall–Kier alpha value is -3.02. The highest BCUT2D eigenvalue weighted by Gasteiger charge is 2.57. The molecular formula is C23H25N3O3. The molecule has 2 aromatic carbocycles. The van der Waals surface area contributed by atoms with Crippen LogP contribution in [0, 0.1) is 5.92 Å². The molecule has 3 aliphatic rings. The Morgan fingerprint density at radius 1 is 1.10 bits per heavy atom. The number of hydrogen-bond donors (Lipinski definition) is 1. The van der Waals surface area contributed by atoms with E-state index >= 15 is 0 Å². The van der Waals surface area contributed by atoms with Crippen LogP contribution in [-0.2, 0) is 10.3 Å². The second kappa shape index (κ2) is 7.10. The Labute approximate surface area is 170 Å². The number of nitrogens with zero attached hydrogens (tertiary/aromatic N) is 2. The Morgan fingerprint density at radius 2 is 1.97 bits per heavy atom. The molecule has 2 atom stereocenters. The van der Waals surface area contributed by atoms with Gasteiger partial charge in [-0.15, -0.1) is 0 Å². The second-order valence-electron chi connectivity index (χ2n) is 8.09. The zero-order chi connectivity index (χ0) is 19.8. The molecule has 0 aromatic heterocycles. The van der Waals surface area contributed by atoms with Crippen molar-refractivity contribution >= 4 is 23.5 Å². The van der Waals surface area contributed by atoms with Gasteiger partial charge in [0.25, 0.3) is 0 Å². The maximum atomic E-state index is 13.2. The summed E-state index contributed by atoms with van der Waals surface area (Å²) in [6.45, 7) is 1.71. The zero-order valence-corrected chi connectivity index (χ0v) is 16.3. The van der Waals surface area contributed by atoms with Crippen molar-refractivity contribution in [3.63, 3.8) is 0 Å². The van der Waals surface area contributed by atoms with Crippen molar-refractivity contribution in [2.24, 2.45) is 5.92 Å². The average molecular weight is 391 g/mol. The first-order valence-electron chi connectivity index (χ1n) is 10.4. The van der Waals surface area contributed by atoms with Gasteiger partial charge in [-0.3, -0.25) is 4.90 Å². The topological polar surface area (TPSA) is 61.9 Å². The third-order valence-electron chi connectivity index (χ3n) is 6.61. The number of cyclic esters (lactones) is 1. The molecule has 3 fully saturated rings. The summed E-state index contributed by atoms with van der Waals surface area (Å²) in [5.41, 5.74) is 2.47. The molecular weight excluding hydrogens is 366 g/mol. The fraction of sp³-hybridized carbons (Fsp3) is 0.391. The van der Waals surface area contributed by atoms with E-state index in [0.717, 1.165) is 25.1 Å². The summed E-state index contributed by atoms with van der Waals surface area (Å²) in [4.78, 5) is 28.7. The van der Waals surface area contributed by atoms with E-state index in [9.17, 15) is 9.59 Å². The second-order valence-corrected chi connectivity index (χ2v) is 8.09. The average Bonchev–Trinajstić information content (AvgIpc) is 3.16. The van der Waals surface area contributed by atoms with Crippen LogP contribution in [0.1, 0.15) is 31.2 Å². The number of carbonyl (C=O) groups excluding carboxylic acids is 2. The van der Waals surface area contributed by atoms with E-state index in [-0.39, 0.29) is 17.7 Å². The van der Waals surface area contributed by atoms with Crippen LogP contribution < -0.4 is 10.2 Å². The maximum Gasteiger partial charge on any atom is 0.414 e. The molecule has 0 spiro atoms. The molecule has 150 valence electrons. The van der Waals surface area contributed by atoms with Gasteiger partial charge >= 0.3 is 12.1 Å².